The van der Waals surface area contributed by atoms with Gasteiger partial charge in [0, 0.05) is 6.42 Å². The summed E-state index contributed by atoms with van der Waals surface area (Å²) in [6, 6.07) is 0. The minimum atomic E-state index is -0.875. The zero-order chi connectivity index (χ0) is 14.1. The van der Waals surface area contributed by atoms with Crippen molar-refractivity contribution in [2.45, 2.75) is 40.5 Å². The predicted octanol–water partition coefficient (Wildman–Crippen LogP) is 1.73. The van der Waals surface area contributed by atoms with E-state index in [1.807, 2.05) is 27.7 Å². The maximum atomic E-state index is 11.3. The van der Waals surface area contributed by atoms with Crippen molar-refractivity contribution in [1.29, 1.82) is 0 Å². The molecule has 0 atom stereocenters. The molecule has 0 fully saturated rings. The van der Waals surface area contributed by atoms with Crippen molar-refractivity contribution in [1.82, 2.24) is 0 Å². The van der Waals surface area contributed by atoms with Gasteiger partial charge in [0.1, 0.15) is 0 Å². The third-order valence-electron chi connectivity index (χ3n) is 1.91. The summed E-state index contributed by atoms with van der Waals surface area (Å²) in [6.45, 7) is 8.12. The highest BCUT2D eigenvalue weighted by Crippen LogP contribution is 2.01. The second-order valence-corrected chi connectivity index (χ2v) is 4.99. The molecule has 0 amide bonds. The number of esters is 2. The van der Waals surface area contributed by atoms with Crippen molar-refractivity contribution < 1.29 is 23.9 Å². The molecule has 0 unspecified atom stereocenters. The quantitative estimate of drug-likeness (QED) is 0.490. The molecule has 5 heteroatoms. The number of carbonyl (C=O) groups excluding carboxylic acids is 3. The molecule has 0 saturated carbocycles. The maximum absolute atomic E-state index is 11.3. The molecule has 0 radical (unpaired) electrons. The molecule has 0 bridgehead atoms. The van der Waals surface area contributed by atoms with E-state index in [2.05, 4.69) is 0 Å². The van der Waals surface area contributed by atoms with Crippen LogP contribution in [0, 0.1) is 11.8 Å². The fourth-order valence-electron chi connectivity index (χ4n) is 0.972. The Kier molecular flexibility index (Phi) is 8.00. The molecule has 5 nitrogen and oxygen atoms in total. The van der Waals surface area contributed by atoms with Crippen LogP contribution in [0.5, 0.6) is 0 Å². The van der Waals surface area contributed by atoms with Gasteiger partial charge in [0.25, 0.3) is 0 Å². The Hall–Kier alpha value is -1.39. The highest BCUT2D eigenvalue weighted by Gasteiger charge is 2.17. The van der Waals surface area contributed by atoms with Gasteiger partial charge in [-0.1, -0.05) is 27.7 Å². The smallest absolute Gasteiger partial charge is 0.374 e. The van der Waals surface area contributed by atoms with E-state index in [4.69, 9.17) is 9.47 Å². The molecular weight excluding hydrogens is 236 g/mol. The lowest BCUT2D eigenvalue weighted by atomic mass is 10.2. The van der Waals surface area contributed by atoms with E-state index in [0.717, 1.165) is 0 Å². The molecule has 0 spiro atoms. The summed E-state index contributed by atoms with van der Waals surface area (Å²) in [5, 5.41) is 0. The van der Waals surface area contributed by atoms with Crippen LogP contribution in [0.2, 0.25) is 0 Å². The highest BCUT2D eigenvalue weighted by atomic mass is 16.5. The van der Waals surface area contributed by atoms with Crippen molar-refractivity contribution in [2.24, 2.45) is 11.8 Å². The minimum absolute atomic E-state index is 0.0810. The largest absolute Gasteiger partial charge is 0.465 e. The highest BCUT2D eigenvalue weighted by molar-refractivity contribution is 6.33. The Bertz CT molecular complexity index is 294. The number of hydrogen-bond acceptors (Lipinski definition) is 5. The van der Waals surface area contributed by atoms with E-state index in [1.165, 1.54) is 0 Å². The van der Waals surface area contributed by atoms with Crippen LogP contribution in [0.3, 0.4) is 0 Å². The lowest BCUT2D eigenvalue weighted by molar-refractivity contribution is -0.155. The molecule has 0 aromatic carbocycles. The van der Waals surface area contributed by atoms with Crippen molar-refractivity contribution in [3.8, 4) is 0 Å². The Morgan fingerprint density at radius 2 is 1.33 bits per heavy atom. The summed E-state index contributed by atoms with van der Waals surface area (Å²) in [6.07, 6.45) is -0.240. The van der Waals surface area contributed by atoms with Crippen LogP contribution in [-0.2, 0) is 23.9 Å². The monoisotopic (exact) mass is 258 g/mol. The normalized spacial score (nSPS) is 10.6. The molecule has 0 aromatic heterocycles. The van der Waals surface area contributed by atoms with Gasteiger partial charge in [-0.2, -0.15) is 0 Å². The Labute approximate surface area is 108 Å². The van der Waals surface area contributed by atoms with Crippen LogP contribution in [-0.4, -0.2) is 30.9 Å². The summed E-state index contributed by atoms with van der Waals surface area (Å²) < 4.78 is 9.64. The number of ketones is 1. The first kappa shape index (κ1) is 16.6. The van der Waals surface area contributed by atoms with Gasteiger partial charge in [-0.05, 0) is 11.8 Å². The van der Waals surface area contributed by atoms with Crippen molar-refractivity contribution in [2.75, 3.05) is 13.2 Å². The number of hydrogen-bond donors (Lipinski definition) is 0. The first-order chi connectivity index (χ1) is 8.32. The van der Waals surface area contributed by atoms with Gasteiger partial charge in [-0.15, -0.1) is 0 Å². The lowest BCUT2D eigenvalue weighted by Gasteiger charge is -2.07. The second kappa shape index (κ2) is 8.66. The first-order valence-corrected chi connectivity index (χ1v) is 6.18. The third-order valence-corrected chi connectivity index (χ3v) is 1.91. The van der Waals surface area contributed by atoms with E-state index >= 15 is 0 Å². The summed E-state index contributed by atoms with van der Waals surface area (Å²) >= 11 is 0. The number of Topliss-reactive ketones (excluding diaryl/α,β-unsaturated/α-hetero) is 1. The topological polar surface area (TPSA) is 69.7 Å². The van der Waals surface area contributed by atoms with Crippen molar-refractivity contribution in [3.63, 3.8) is 0 Å². The molecule has 0 aliphatic heterocycles. The molecule has 18 heavy (non-hydrogen) atoms. The summed E-state index contributed by atoms with van der Waals surface area (Å²) in [4.78, 5) is 33.7. The van der Waals surface area contributed by atoms with Crippen LogP contribution < -0.4 is 0 Å². The zero-order valence-corrected chi connectivity index (χ0v) is 11.5. The third kappa shape index (κ3) is 8.73. The second-order valence-electron chi connectivity index (χ2n) is 4.99. The average molecular weight is 258 g/mol. The number of rotatable bonds is 8. The van der Waals surface area contributed by atoms with Crippen molar-refractivity contribution >= 4 is 17.7 Å². The fraction of sp³-hybridized carbons (Fsp3) is 0.769. The SMILES string of the molecule is CC(C)COC(=O)CCC(=O)C(=O)OCC(C)C. The molecule has 0 N–H and O–H groups in total. The van der Waals surface area contributed by atoms with Gasteiger partial charge < -0.3 is 9.47 Å². The maximum Gasteiger partial charge on any atom is 0.374 e. The Balaban J connectivity index is 3.81. The summed E-state index contributed by atoms with van der Waals surface area (Å²) in [7, 11) is 0. The van der Waals surface area contributed by atoms with Gasteiger partial charge in [-0.25, -0.2) is 4.79 Å². The van der Waals surface area contributed by atoms with Crippen LogP contribution >= 0.6 is 0 Å². The van der Waals surface area contributed by atoms with Gasteiger partial charge in [-0.3, -0.25) is 9.59 Å². The molecular formula is C13H22O5. The standard InChI is InChI=1S/C13H22O5/c1-9(2)7-17-12(15)6-5-11(14)13(16)18-8-10(3)4/h9-10H,5-8H2,1-4H3. The van der Waals surface area contributed by atoms with Crippen molar-refractivity contribution in [3.05, 3.63) is 0 Å². The number of carbonyl (C=O) groups is 3. The predicted molar refractivity (Wildman–Crippen MR) is 65.8 cm³/mol. The molecule has 0 aliphatic rings. The molecule has 0 saturated heterocycles. The van der Waals surface area contributed by atoms with E-state index in [-0.39, 0.29) is 31.3 Å². The van der Waals surface area contributed by atoms with E-state index in [0.29, 0.717) is 6.61 Å². The first-order valence-electron chi connectivity index (χ1n) is 6.18. The summed E-state index contributed by atoms with van der Waals surface area (Å²) in [5.74, 6) is -1.59. The van der Waals surface area contributed by atoms with Gasteiger partial charge in [0.2, 0.25) is 5.78 Å². The van der Waals surface area contributed by atoms with Gasteiger partial charge >= 0.3 is 11.9 Å². The molecule has 0 aromatic rings. The van der Waals surface area contributed by atoms with Crippen LogP contribution in [0.4, 0.5) is 0 Å². The van der Waals surface area contributed by atoms with Crippen LogP contribution in [0.15, 0.2) is 0 Å². The fourth-order valence-corrected chi connectivity index (χ4v) is 0.972. The van der Waals surface area contributed by atoms with Gasteiger partial charge in [0.15, 0.2) is 0 Å². The average Bonchev–Trinajstić information content (AvgIpc) is 2.30. The van der Waals surface area contributed by atoms with Gasteiger partial charge in [0.05, 0.1) is 19.6 Å². The minimum Gasteiger partial charge on any atom is -0.465 e. The van der Waals surface area contributed by atoms with Crippen LogP contribution in [0.1, 0.15) is 40.5 Å². The molecule has 0 aliphatic carbocycles. The number of ether oxygens (including phenoxy) is 2. The molecule has 0 rings (SSSR count). The summed E-state index contributed by atoms with van der Waals surface area (Å²) in [5.41, 5.74) is 0. The molecule has 104 valence electrons. The lowest BCUT2D eigenvalue weighted by Crippen LogP contribution is -2.21. The van der Waals surface area contributed by atoms with E-state index in [1.54, 1.807) is 0 Å². The Morgan fingerprint density at radius 1 is 0.833 bits per heavy atom. The molecule has 0 heterocycles. The van der Waals surface area contributed by atoms with Crippen LogP contribution in [0.25, 0.3) is 0 Å². The Morgan fingerprint density at radius 3 is 1.83 bits per heavy atom. The zero-order valence-electron chi connectivity index (χ0n) is 11.5. The van der Waals surface area contributed by atoms with E-state index < -0.39 is 17.7 Å². The van der Waals surface area contributed by atoms with E-state index in [9.17, 15) is 14.4 Å².